The van der Waals surface area contributed by atoms with E-state index in [-0.39, 0.29) is 17.9 Å². The van der Waals surface area contributed by atoms with E-state index in [1.807, 2.05) is 6.92 Å². The Morgan fingerprint density at radius 3 is 2.89 bits per heavy atom. The number of rotatable bonds is 4. The third-order valence-corrected chi connectivity index (χ3v) is 3.07. The number of aryl methyl sites for hydroxylation is 1. The van der Waals surface area contributed by atoms with Crippen LogP contribution in [0.25, 0.3) is 0 Å². The van der Waals surface area contributed by atoms with Crippen LogP contribution in [-0.2, 0) is 6.61 Å². The van der Waals surface area contributed by atoms with E-state index in [1.165, 1.54) is 24.1 Å². The van der Waals surface area contributed by atoms with Gasteiger partial charge in [0.05, 0.1) is 22.8 Å². The fourth-order valence-electron chi connectivity index (χ4n) is 1.41. The van der Waals surface area contributed by atoms with E-state index >= 15 is 0 Å². The lowest BCUT2D eigenvalue weighted by Gasteiger charge is -2.02. The highest BCUT2D eigenvalue weighted by atomic mass is 32.2. The first-order chi connectivity index (χ1) is 8.60. The number of nitro benzene ring substituents is 1. The molecule has 0 bridgehead atoms. The molecule has 1 N–H and O–H groups in total. The van der Waals surface area contributed by atoms with Crippen LogP contribution < -0.4 is 0 Å². The Bertz CT molecular complexity index is 582. The molecule has 1 aromatic carbocycles. The maximum Gasteiger partial charge on any atom is 0.274 e. The van der Waals surface area contributed by atoms with Gasteiger partial charge in [-0.05, 0) is 30.8 Å². The van der Waals surface area contributed by atoms with Crippen molar-refractivity contribution in [3.8, 4) is 0 Å². The van der Waals surface area contributed by atoms with Crippen molar-refractivity contribution in [1.82, 2.24) is 4.98 Å². The molecule has 7 heteroatoms. The highest BCUT2D eigenvalue weighted by molar-refractivity contribution is 7.99. The topological polar surface area (TPSA) is 89.4 Å². The average Bonchev–Trinajstić information content (AvgIpc) is 2.74. The number of benzene rings is 1. The van der Waals surface area contributed by atoms with Gasteiger partial charge in [-0.2, -0.15) is 0 Å². The van der Waals surface area contributed by atoms with Gasteiger partial charge in [-0.3, -0.25) is 10.1 Å². The van der Waals surface area contributed by atoms with Crippen LogP contribution in [0.4, 0.5) is 5.69 Å². The quantitative estimate of drug-likeness (QED) is 0.675. The van der Waals surface area contributed by atoms with Crippen molar-refractivity contribution in [3.63, 3.8) is 0 Å². The molecular weight excluding hydrogens is 256 g/mol. The molecule has 0 amide bonds. The summed E-state index contributed by atoms with van der Waals surface area (Å²) in [4.78, 5) is 15.0. The Labute approximate surface area is 107 Å². The van der Waals surface area contributed by atoms with Crippen LogP contribution >= 0.6 is 11.8 Å². The van der Waals surface area contributed by atoms with E-state index in [0.29, 0.717) is 5.22 Å². The van der Waals surface area contributed by atoms with E-state index in [0.717, 1.165) is 10.6 Å². The summed E-state index contributed by atoms with van der Waals surface area (Å²) in [5.74, 6) is 0. The number of aliphatic hydroxyl groups is 1. The second-order valence-corrected chi connectivity index (χ2v) is 4.59. The molecule has 0 unspecified atom stereocenters. The third-order valence-electron chi connectivity index (χ3n) is 2.22. The number of aliphatic hydroxyl groups excluding tert-OH is 1. The van der Waals surface area contributed by atoms with Gasteiger partial charge in [0.1, 0.15) is 6.26 Å². The molecule has 0 aliphatic carbocycles. The lowest BCUT2D eigenvalue weighted by Crippen LogP contribution is -1.95. The molecule has 0 saturated carbocycles. The summed E-state index contributed by atoms with van der Waals surface area (Å²) in [5.41, 5.74) is 0.945. The molecule has 0 radical (unpaired) electrons. The van der Waals surface area contributed by atoms with Crippen LogP contribution in [0.1, 0.15) is 11.3 Å². The zero-order chi connectivity index (χ0) is 13.1. The van der Waals surface area contributed by atoms with Crippen LogP contribution in [0.2, 0.25) is 0 Å². The van der Waals surface area contributed by atoms with Gasteiger partial charge in [-0.15, -0.1) is 0 Å². The molecule has 1 aromatic heterocycles. The molecule has 18 heavy (non-hydrogen) atoms. The van der Waals surface area contributed by atoms with E-state index in [1.54, 1.807) is 12.1 Å². The summed E-state index contributed by atoms with van der Waals surface area (Å²) in [5, 5.41) is 20.3. The molecule has 2 aromatic rings. The second kappa shape index (κ2) is 5.19. The second-order valence-electron chi connectivity index (χ2n) is 3.56. The van der Waals surface area contributed by atoms with Gasteiger partial charge in [0.15, 0.2) is 0 Å². The number of hydrogen-bond donors (Lipinski definition) is 1. The van der Waals surface area contributed by atoms with Gasteiger partial charge in [-0.25, -0.2) is 4.98 Å². The highest BCUT2D eigenvalue weighted by Crippen LogP contribution is 2.30. The van der Waals surface area contributed by atoms with Gasteiger partial charge in [-0.1, -0.05) is 0 Å². The van der Waals surface area contributed by atoms with Crippen molar-refractivity contribution < 1.29 is 14.4 Å². The van der Waals surface area contributed by atoms with Crippen molar-refractivity contribution in [1.29, 1.82) is 0 Å². The number of oxazole rings is 1. The monoisotopic (exact) mass is 266 g/mol. The van der Waals surface area contributed by atoms with Crippen molar-refractivity contribution >= 4 is 17.4 Å². The lowest BCUT2D eigenvalue weighted by atomic mass is 10.2. The summed E-state index contributed by atoms with van der Waals surface area (Å²) >= 11 is 1.25. The molecule has 2 rings (SSSR count). The van der Waals surface area contributed by atoms with Gasteiger partial charge >= 0.3 is 0 Å². The summed E-state index contributed by atoms with van der Waals surface area (Å²) < 4.78 is 5.17. The molecule has 0 aliphatic rings. The van der Waals surface area contributed by atoms with Gasteiger partial charge in [0.25, 0.3) is 10.9 Å². The summed E-state index contributed by atoms with van der Waals surface area (Å²) in [6.07, 6.45) is 1.53. The number of nitrogens with zero attached hydrogens (tertiary/aromatic N) is 2. The zero-order valence-corrected chi connectivity index (χ0v) is 10.3. The van der Waals surface area contributed by atoms with Crippen molar-refractivity contribution in [2.45, 2.75) is 23.6 Å². The molecule has 1 heterocycles. The summed E-state index contributed by atoms with van der Waals surface area (Å²) in [7, 11) is 0. The Kier molecular flexibility index (Phi) is 3.63. The van der Waals surface area contributed by atoms with Crippen molar-refractivity contribution in [2.24, 2.45) is 0 Å². The minimum Gasteiger partial charge on any atom is -0.439 e. The lowest BCUT2D eigenvalue weighted by molar-refractivity contribution is -0.385. The van der Waals surface area contributed by atoms with Crippen molar-refractivity contribution in [2.75, 3.05) is 0 Å². The SMILES string of the molecule is Cc1coc(Sc2ccc([N+](=O)[O-])c(CO)c2)n1. The smallest absolute Gasteiger partial charge is 0.274 e. The fraction of sp³-hybridized carbons (Fsp3) is 0.182. The maximum atomic E-state index is 10.7. The first-order valence-corrected chi connectivity index (χ1v) is 5.90. The Morgan fingerprint density at radius 2 is 2.33 bits per heavy atom. The van der Waals surface area contributed by atoms with Crippen LogP contribution in [0, 0.1) is 17.0 Å². The average molecular weight is 266 g/mol. The summed E-state index contributed by atoms with van der Waals surface area (Å²) in [6, 6.07) is 4.52. The number of hydrogen-bond acceptors (Lipinski definition) is 6. The molecular formula is C11H10N2O4S. The minimum atomic E-state index is -0.519. The molecule has 0 atom stereocenters. The van der Waals surface area contributed by atoms with E-state index in [9.17, 15) is 10.1 Å². The van der Waals surface area contributed by atoms with E-state index < -0.39 is 4.92 Å². The standard InChI is InChI=1S/C11H10N2O4S/c1-7-6-17-11(12-7)18-9-2-3-10(13(15)16)8(4-9)5-14/h2-4,6,14H,5H2,1H3. The minimum absolute atomic E-state index is 0.0922. The van der Waals surface area contributed by atoms with Crippen LogP contribution in [0.5, 0.6) is 0 Å². The van der Waals surface area contributed by atoms with Crippen LogP contribution in [0.15, 0.2) is 39.0 Å². The Balaban J connectivity index is 2.27. The molecule has 0 aliphatic heterocycles. The fourth-order valence-corrected chi connectivity index (χ4v) is 2.23. The van der Waals surface area contributed by atoms with Gasteiger partial charge in [0.2, 0.25) is 0 Å². The maximum absolute atomic E-state index is 10.7. The van der Waals surface area contributed by atoms with E-state index in [4.69, 9.17) is 9.52 Å². The number of aromatic nitrogens is 1. The molecule has 6 nitrogen and oxygen atoms in total. The van der Waals surface area contributed by atoms with E-state index in [2.05, 4.69) is 4.98 Å². The van der Waals surface area contributed by atoms with Gasteiger partial charge < -0.3 is 9.52 Å². The van der Waals surface area contributed by atoms with Crippen LogP contribution in [0.3, 0.4) is 0 Å². The zero-order valence-electron chi connectivity index (χ0n) is 9.49. The van der Waals surface area contributed by atoms with Crippen LogP contribution in [-0.4, -0.2) is 15.0 Å². The molecule has 0 fully saturated rings. The highest BCUT2D eigenvalue weighted by Gasteiger charge is 2.14. The van der Waals surface area contributed by atoms with Gasteiger partial charge in [0, 0.05) is 11.0 Å². The molecule has 0 spiro atoms. The summed E-state index contributed by atoms with van der Waals surface area (Å²) in [6.45, 7) is 1.43. The number of nitro groups is 1. The first-order valence-electron chi connectivity index (χ1n) is 5.08. The first kappa shape index (κ1) is 12.6. The predicted molar refractivity (Wildman–Crippen MR) is 64.4 cm³/mol. The third kappa shape index (κ3) is 2.69. The molecule has 0 saturated heterocycles. The largest absolute Gasteiger partial charge is 0.439 e. The predicted octanol–water partition coefficient (Wildman–Crippen LogP) is 2.53. The normalized spacial score (nSPS) is 10.6. The van der Waals surface area contributed by atoms with Crippen molar-refractivity contribution in [3.05, 3.63) is 45.8 Å². The molecule has 94 valence electrons. The Hall–Kier alpha value is -1.86. The Morgan fingerprint density at radius 1 is 1.56 bits per heavy atom.